The lowest BCUT2D eigenvalue weighted by Gasteiger charge is -2.38. The quantitative estimate of drug-likeness (QED) is 0.536. The highest BCUT2D eigenvalue weighted by molar-refractivity contribution is 5.94. The zero-order valence-corrected chi connectivity index (χ0v) is 19.6. The summed E-state index contributed by atoms with van der Waals surface area (Å²) in [4.78, 5) is 15.2. The van der Waals surface area contributed by atoms with Gasteiger partial charge in [0.25, 0.3) is 5.91 Å². The number of amides is 1. The van der Waals surface area contributed by atoms with Crippen LogP contribution in [0.5, 0.6) is 17.2 Å². The van der Waals surface area contributed by atoms with Crippen molar-refractivity contribution in [2.45, 2.75) is 19.0 Å². The molecule has 0 unspecified atom stereocenters. The molecule has 1 aliphatic heterocycles. The second-order valence-corrected chi connectivity index (χ2v) is 8.21. The number of halogens is 1. The van der Waals surface area contributed by atoms with Crippen molar-refractivity contribution in [3.8, 4) is 17.2 Å². The number of methoxy groups -OCH3 is 3. The predicted molar refractivity (Wildman–Crippen MR) is 128 cm³/mol. The number of nitrogens with zero attached hydrogens (tertiary/aromatic N) is 1. The molecule has 0 spiro atoms. The van der Waals surface area contributed by atoms with Gasteiger partial charge in [0.15, 0.2) is 11.5 Å². The molecule has 3 aromatic rings. The van der Waals surface area contributed by atoms with Crippen molar-refractivity contribution in [3.05, 3.63) is 88.7 Å². The maximum Gasteiger partial charge on any atom is 0.251 e. The molecule has 178 valence electrons. The van der Waals surface area contributed by atoms with Crippen LogP contribution in [0.4, 0.5) is 4.39 Å². The Balaban J connectivity index is 1.62. The van der Waals surface area contributed by atoms with E-state index in [9.17, 15) is 9.18 Å². The first-order chi connectivity index (χ1) is 16.5. The molecule has 3 aromatic carbocycles. The predicted octanol–water partition coefficient (Wildman–Crippen LogP) is 4.38. The fraction of sp³-hybridized carbons (Fsp3) is 0.296. The smallest absolute Gasteiger partial charge is 0.251 e. The second-order valence-electron chi connectivity index (χ2n) is 8.21. The van der Waals surface area contributed by atoms with E-state index in [1.165, 1.54) is 6.07 Å². The standard InChI is InChI=1S/C27H29FN2O4/c1-32-22-9-5-7-20(13-22)27(31)29-16-24-23-15-26(34-3)25(33-2)14-19(23)10-11-30(24)17-18-6-4-8-21(28)12-18/h4-9,12-15,24H,10-11,16-17H2,1-3H3,(H,29,31)/t24-/m0/s1. The van der Waals surface area contributed by atoms with Gasteiger partial charge in [0.2, 0.25) is 0 Å². The number of hydrogen-bond donors (Lipinski definition) is 1. The Labute approximate surface area is 199 Å². The van der Waals surface area contributed by atoms with Gasteiger partial charge in [-0.3, -0.25) is 9.69 Å². The van der Waals surface area contributed by atoms with Gasteiger partial charge in [0, 0.05) is 25.2 Å². The molecule has 0 saturated heterocycles. The maximum absolute atomic E-state index is 13.8. The lowest BCUT2D eigenvalue weighted by Crippen LogP contribution is -2.41. The van der Waals surface area contributed by atoms with E-state index in [0.29, 0.717) is 35.9 Å². The Bertz CT molecular complexity index is 1170. The fourth-order valence-electron chi connectivity index (χ4n) is 4.43. The molecule has 0 bridgehead atoms. The molecule has 1 N–H and O–H groups in total. The monoisotopic (exact) mass is 464 g/mol. The van der Waals surface area contributed by atoms with E-state index in [0.717, 1.165) is 29.7 Å². The van der Waals surface area contributed by atoms with Gasteiger partial charge in [-0.25, -0.2) is 4.39 Å². The van der Waals surface area contributed by atoms with Crippen LogP contribution >= 0.6 is 0 Å². The SMILES string of the molecule is COc1cccc(C(=O)NC[C@H]2c3cc(OC)c(OC)cc3CCN2Cc2cccc(F)c2)c1. The molecular weight excluding hydrogens is 435 g/mol. The lowest BCUT2D eigenvalue weighted by atomic mass is 9.91. The molecule has 6 nitrogen and oxygen atoms in total. The lowest BCUT2D eigenvalue weighted by molar-refractivity contribution is 0.0925. The first-order valence-corrected chi connectivity index (χ1v) is 11.2. The number of ether oxygens (including phenoxy) is 3. The van der Waals surface area contributed by atoms with Gasteiger partial charge in [-0.05, 0) is 65.6 Å². The molecular formula is C27H29FN2O4. The number of benzene rings is 3. The third-order valence-electron chi connectivity index (χ3n) is 6.18. The average Bonchev–Trinajstić information content (AvgIpc) is 2.87. The van der Waals surface area contributed by atoms with E-state index in [2.05, 4.69) is 10.2 Å². The van der Waals surface area contributed by atoms with Gasteiger partial charge in [0.1, 0.15) is 11.6 Å². The molecule has 1 heterocycles. The number of nitrogens with one attached hydrogen (secondary N) is 1. The minimum atomic E-state index is -0.260. The van der Waals surface area contributed by atoms with E-state index in [1.54, 1.807) is 57.7 Å². The van der Waals surface area contributed by atoms with Crippen molar-refractivity contribution < 1.29 is 23.4 Å². The van der Waals surface area contributed by atoms with E-state index < -0.39 is 0 Å². The Hall–Kier alpha value is -3.58. The molecule has 7 heteroatoms. The normalized spacial score (nSPS) is 15.4. The first kappa shape index (κ1) is 23.6. The van der Waals surface area contributed by atoms with Crippen LogP contribution in [0.25, 0.3) is 0 Å². The van der Waals surface area contributed by atoms with E-state index >= 15 is 0 Å². The zero-order valence-electron chi connectivity index (χ0n) is 19.6. The Kier molecular flexibility index (Phi) is 7.33. The zero-order chi connectivity index (χ0) is 24.1. The minimum Gasteiger partial charge on any atom is -0.497 e. The molecule has 4 rings (SSSR count). The summed E-state index contributed by atoms with van der Waals surface area (Å²) in [6.45, 7) is 1.71. The second kappa shape index (κ2) is 10.6. The van der Waals surface area contributed by atoms with E-state index in [4.69, 9.17) is 14.2 Å². The highest BCUT2D eigenvalue weighted by Crippen LogP contribution is 2.38. The minimum absolute atomic E-state index is 0.124. The highest BCUT2D eigenvalue weighted by Gasteiger charge is 2.30. The van der Waals surface area contributed by atoms with Crippen LogP contribution in [0.2, 0.25) is 0 Å². The van der Waals surface area contributed by atoms with Crippen molar-refractivity contribution in [2.75, 3.05) is 34.4 Å². The topological polar surface area (TPSA) is 60.0 Å². The maximum atomic E-state index is 13.8. The van der Waals surface area contributed by atoms with Crippen LogP contribution in [0.15, 0.2) is 60.7 Å². The van der Waals surface area contributed by atoms with Crippen LogP contribution < -0.4 is 19.5 Å². The fourth-order valence-corrected chi connectivity index (χ4v) is 4.43. The molecule has 1 aliphatic rings. The van der Waals surface area contributed by atoms with Crippen molar-refractivity contribution in [2.24, 2.45) is 0 Å². The van der Waals surface area contributed by atoms with Gasteiger partial charge in [-0.1, -0.05) is 18.2 Å². The van der Waals surface area contributed by atoms with Gasteiger partial charge < -0.3 is 19.5 Å². The van der Waals surface area contributed by atoms with E-state index in [-0.39, 0.29) is 17.8 Å². The summed E-state index contributed by atoms with van der Waals surface area (Å²) >= 11 is 0. The van der Waals surface area contributed by atoms with Gasteiger partial charge in [0.05, 0.1) is 27.4 Å². The molecule has 0 aromatic heterocycles. The Morgan fingerprint density at radius 1 is 1.00 bits per heavy atom. The first-order valence-electron chi connectivity index (χ1n) is 11.2. The summed E-state index contributed by atoms with van der Waals surface area (Å²) in [5.74, 6) is 1.50. The van der Waals surface area contributed by atoms with Crippen LogP contribution in [-0.2, 0) is 13.0 Å². The van der Waals surface area contributed by atoms with Crippen LogP contribution in [0.3, 0.4) is 0 Å². The van der Waals surface area contributed by atoms with Crippen molar-refractivity contribution in [3.63, 3.8) is 0 Å². The van der Waals surface area contributed by atoms with E-state index in [1.807, 2.05) is 18.2 Å². The molecule has 0 aliphatic carbocycles. The Morgan fingerprint density at radius 2 is 1.76 bits per heavy atom. The van der Waals surface area contributed by atoms with Crippen LogP contribution in [-0.4, -0.2) is 45.2 Å². The van der Waals surface area contributed by atoms with Crippen molar-refractivity contribution in [1.29, 1.82) is 0 Å². The molecule has 0 fully saturated rings. The Morgan fingerprint density at radius 3 is 2.50 bits per heavy atom. The highest BCUT2D eigenvalue weighted by atomic mass is 19.1. The van der Waals surface area contributed by atoms with Gasteiger partial charge >= 0.3 is 0 Å². The molecule has 34 heavy (non-hydrogen) atoms. The number of hydrogen-bond acceptors (Lipinski definition) is 5. The van der Waals surface area contributed by atoms with Crippen LogP contribution in [0.1, 0.15) is 33.1 Å². The summed E-state index contributed by atoms with van der Waals surface area (Å²) in [7, 11) is 4.80. The number of rotatable bonds is 8. The van der Waals surface area contributed by atoms with Crippen molar-refractivity contribution in [1.82, 2.24) is 10.2 Å². The summed E-state index contributed by atoms with van der Waals surface area (Å²) in [5.41, 5.74) is 3.62. The van der Waals surface area contributed by atoms with Crippen LogP contribution in [0, 0.1) is 5.82 Å². The largest absolute Gasteiger partial charge is 0.497 e. The van der Waals surface area contributed by atoms with Gasteiger partial charge in [-0.15, -0.1) is 0 Å². The summed E-state index contributed by atoms with van der Waals surface area (Å²) in [6.07, 6.45) is 0.811. The number of fused-ring (bicyclic) bond motifs is 1. The summed E-state index contributed by atoms with van der Waals surface area (Å²) in [6, 6.07) is 17.5. The molecule has 0 saturated carbocycles. The average molecular weight is 465 g/mol. The van der Waals surface area contributed by atoms with Gasteiger partial charge in [-0.2, -0.15) is 0 Å². The molecule has 0 radical (unpaired) electrons. The van der Waals surface area contributed by atoms with Crippen molar-refractivity contribution >= 4 is 5.91 Å². The number of carbonyl (C=O) groups is 1. The summed E-state index contributed by atoms with van der Waals surface area (Å²) < 4.78 is 30.1. The third-order valence-corrected chi connectivity index (χ3v) is 6.18. The molecule has 1 atom stereocenters. The third kappa shape index (κ3) is 5.15. The molecule has 1 amide bonds. The summed E-state index contributed by atoms with van der Waals surface area (Å²) in [5, 5.41) is 3.07. The number of carbonyl (C=O) groups excluding carboxylic acids is 1.